The molecule has 0 spiro atoms. The van der Waals surface area contributed by atoms with Crippen LogP contribution in [0, 0.1) is 17.3 Å². The van der Waals surface area contributed by atoms with Crippen molar-refractivity contribution in [2.24, 2.45) is 17.3 Å². The van der Waals surface area contributed by atoms with Crippen LogP contribution >= 0.6 is 0 Å². The SMILES string of the molecule is CCOC1CCCN(CC2CC(C(C)(C)C)CCC2=O)C1. The van der Waals surface area contributed by atoms with Crippen LogP contribution < -0.4 is 0 Å². The van der Waals surface area contributed by atoms with E-state index in [4.69, 9.17) is 4.74 Å². The molecule has 1 heterocycles. The van der Waals surface area contributed by atoms with E-state index in [9.17, 15) is 4.79 Å². The summed E-state index contributed by atoms with van der Waals surface area (Å²) in [7, 11) is 0. The van der Waals surface area contributed by atoms with E-state index in [1.165, 1.54) is 12.8 Å². The molecule has 2 aliphatic rings. The van der Waals surface area contributed by atoms with E-state index in [-0.39, 0.29) is 5.92 Å². The molecule has 1 aliphatic carbocycles. The first-order valence-electron chi connectivity index (χ1n) is 8.76. The molecule has 3 unspecified atom stereocenters. The Morgan fingerprint density at radius 1 is 1.29 bits per heavy atom. The molecule has 1 aliphatic heterocycles. The largest absolute Gasteiger partial charge is 0.377 e. The van der Waals surface area contributed by atoms with Crippen molar-refractivity contribution < 1.29 is 9.53 Å². The van der Waals surface area contributed by atoms with Gasteiger partial charge in [0.05, 0.1) is 6.10 Å². The number of piperidine rings is 1. The lowest BCUT2D eigenvalue weighted by atomic mass is 9.68. The molecule has 3 nitrogen and oxygen atoms in total. The van der Waals surface area contributed by atoms with Crippen molar-refractivity contribution >= 4 is 5.78 Å². The molecule has 0 amide bonds. The number of ketones is 1. The summed E-state index contributed by atoms with van der Waals surface area (Å²) in [6.07, 6.45) is 5.70. The lowest BCUT2D eigenvalue weighted by molar-refractivity contribution is -0.127. The highest BCUT2D eigenvalue weighted by atomic mass is 16.5. The van der Waals surface area contributed by atoms with Gasteiger partial charge in [0.25, 0.3) is 0 Å². The average Bonchev–Trinajstić information content (AvgIpc) is 2.41. The average molecular weight is 295 g/mol. The molecule has 1 saturated carbocycles. The van der Waals surface area contributed by atoms with Gasteiger partial charge in [-0.15, -0.1) is 0 Å². The van der Waals surface area contributed by atoms with Crippen LogP contribution in [0.3, 0.4) is 0 Å². The van der Waals surface area contributed by atoms with Gasteiger partial charge >= 0.3 is 0 Å². The van der Waals surface area contributed by atoms with Crippen LogP contribution in [0.1, 0.15) is 59.8 Å². The number of carbonyl (C=O) groups excluding carboxylic acids is 1. The van der Waals surface area contributed by atoms with Crippen LogP contribution in [-0.2, 0) is 9.53 Å². The number of hydrogen-bond donors (Lipinski definition) is 0. The second-order valence-corrected chi connectivity index (χ2v) is 7.98. The molecule has 1 saturated heterocycles. The third kappa shape index (κ3) is 4.79. The summed E-state index contributed by atoms with van der Waals surface area (Å²) in [5.41, 5.74) is 0.328. The minimum atomic E-state index is 0.253. The normalized spacial score (nSPS) is 32.4. The highest BCUT2D eigenvalue weighted by molar-refractivity contribution is 5.82. The van der Waals surface area contributed by atoms with Crippen LogP contribution in [0.15, 0.2) is 0 Å². The summed E-state index contributed by atoms with van der Waals surface area (Å²) in [6, 6.07) is 0. The van der Waals surface area contributed by atoms with Crippen molar-refractivity contribution in [1.29, 1.82) is 0 Å². The van der Waals surface area contributed by atoms with E-state index in [2.05, 4.69) is 32.6 Å². The number of Topliss-reactive ketones (excluding diaryl/α,β-unsaturated/α-hetero) is 1. The van der Waals surface area contributed by atoms with Crippen LogP contribution in [0.5, 0.6) is 0 Å². The van der Waals surface area contributed by atoms with Gasteiger partial charge < -0.3 is 9.64 Å². The Hall–Kier alpha value is -0.410. The molecule has 0 aromatic rings. The third-order valence-corrected chi connectivity index (χ3v) is 5.33. The van der Waals surface area contributed by atoms with Gasteiger partial charge in [0.2, 0.25) is 0 Å². The number of ether oxygens (including phenoxy) is 1. The zero-order valence-corrected chi connectivity index (χ0v) is 14.4. The minimum Gasteiger partial charge on any atom is -0.377 e. The van der Waals surface area contributed by atoms with Gasteiger partial charge in [-0.2, -0.15) is 0 Å². The van der Waals surface area contributed by atoms with Crippen LogP contribution in [0.4, 0.5) is 0 Å². The van der Waals surface area contributed by atoms with Crippen LogP contribution in [-0.4, -0.2) is 43.0 Å². The smallest absolute Gasteiger partial charge is 0.137 e. The number of nitrogens with zero attached hydrogens (tertiary/aromatic N) is 1. The van der Waals surface area contributed by atoms with Crippen molar-refractivity contribution in [1.82, 2.24) is 4.90 Å². The molecule has 0 aromatic heterocycles. The fourth-order valence-electron chi connectivity index (χ4n) is 3.94. The molecule has 3 atom stereocenters. The van der Waals surface area contributed by atoms with E-state index in [0.29, 0.717) is 23.2 Å². The van der Waals surface area contributed by atoms with Gasteiger partial charge in [-0.1, -0.05) is 20.8 Å². The number of likely N-dealkylation sites (tertiary alicyclic amines) is 1. The summed E-state index contributed by atoms with van der Waals surface area (Å²) < 4.78 is 5.78. The second-order valence-electron chi connectivity index (χ2n) is 7.98. The molecular formula is C18H33NO2. The van der Waals surface area contributed by atoms with Crippen molar-refractivity contribution in [3.63, 3.8) is 0 Å². The molecule has 0 bridgehead atoms. The predicted molar refractivity (Wildman–Crippen MR) is 86.4 cm³/mol. The first-order valence-corrected chi connectivity index (χ1v) is 8.76. The van der Waals surface area contributed by atoms with Crippen molar-refractivity contribution in [2.75, 3.05) is 26.2 Å². The highest BCUT2D eigenvalue weighted by Crippen LogP contribution is 2.39. The number of hydrogen-bond acceptors (Lipinski definition) is 3. The monoisotopic (exact) mass is 295 g/mol. The highest BCUT2D eigenvalue weighted by Gasteiger charge is 2.36. The molecule has 0 radical (unpaired) electrons. The van der Waals surface area contributed by atoms with E-state index in [0.717, 1.165) is 45.5 Å². The van der Waals surface area contributed by atoms with E-state index < -0.39 is 0 Å². The Morgan fingerprint density at radius 2 is 2.05 bits per heavy atom. The summed E-state index contributed by atoms with van der Waals surface area (Å²) >= 11 is 0. The number of rotatable bonds is 4. The first-order chi connectivity index (χ1) is 9.90. The Bertz CT molecular complexity index is 346. The maximum absolute atomic E-state index is 12.3. The lowest BCUT2D eigenvalue weighted by Crippen LogP contribution is -2.45. The van der Waals surface area contributed by atoms with Gasteiger partial charge in [-0.05, 0) is 50.5 Å². The fourth-order valence-corrected chi connectivity index (χ4v) is 3.94. The quantitative estimate of drug-likeness (QED) is 0.795. The maximum atomic E-state index is 12.3. The van der Waals surface area contributed by atoms with Crippen LogP contribution in [0.25, 0.3) is 0 Å². The molecular weight excluding hydrogens is 262 g/mol. The van der Waals surface area contributed by atoms with Crippen molar-refractivity contribution in [3.8, 4) is 0 Å². The maximum Gasteiger partial charge on any atom is 0.137 e. The zero-order chi connectivity index (χ0) is 15.5. The summed E-state index contributed by atoms with van der Waals surface area (Å²) in [5.74, 6) is 1.44. The molecule has 0 N–H and O–H groups in total. The fraction of sp³-hybridized carbons (Fsp3) is 0.944. The van der Waals surface area contributed by atoms with E-state index in [1.807, 2.05) is 0 Å². The van der Waals surface area contributed by atoms with E-state index >= 15 is 0 Å². The van der Waals surface area contributed by atoms with Crippen LogP contribution in [0.2, 0.25) is 0 Å². The lowest BCUT2D eigenvalue weighted by Gasteiger charge is -2.40. The van der Waals surface area contributed by atoms with Gasteiger partial charge in [-0.3, -0.25) is 4.79 Å². The predicted octanol–water partition coefficient (Wildman–Crippen LogP) is 3.52. The Balaban J connectivity index is 1.89. The van der Waals surface area contributed by atoms with Crippen molar-refractivity contribution in [3.05, 3.63) is 0 Å². The molecule has 2 rings (SSSR count). The minimum absolute atomic E-state index is 0.253. The van der Waals surface area contributed by atoms with Crippen molar-refractivity contribution in [2.45, 2.75) is 65.9 Å². The van der Waals surface area contributed by atoms with Gasteiger partial charge in [0.1, 0.15) is 5.78 Å². The van der Waals surface area contributed by atoms with Gasteiger partial charge in [0.15, 0.2) is 0 Å². The summed E-state index contributed by atoms with van der Waals surface area (Å²) in [5, 5.41) is 0. The Kier molecular flexibility index (Phi) is 5.84. The van der Waals surface area contributed by atoms with E-state index in [1.54, 1.807) is 0 Å². The second kappa shape index (κ2) is 7.23. The standard InChI is InChI=1S/C18H33NO2/c1-5-21-16-7-6-10-19(13-16)12-14-11-15(18(2,3)4)8-9-17(14)20/h14-16H,5-13H2,1-4H3. The molecule has 21 heavy (non-hydrogen) atoms. The third-order valence-electron chi connectivity index (χ3n) is 5.33. The van der Waals surface area contributed by atoms with Gasteiger partial charge in [0, 0.05) is 32.0 Å². The number of carbonyl (C=O) groups is 1. The molecule has 122 valence electrons. The summed E-state index contributed by atoms with van der Waals surface area (Å²) in [4.78, 5) is 14.8. The zero-order valence-electron chi connectivity index (χ0n) is 14.4. The molecule has 0 aromatic carbocycles. The molecule has 2 fully saturated rings. The Morgan fingerprint density at radius 3 is 2.71 bits per heavy atom. The first kappa shape index (κ1) is 17.0. The topological polar surface area (TPSA) is 29.5 Å². The Labute approximate surface area is 130 Å². The molecule has 3 heteroatoms. The van der Waals surface area contributed by atoms with Gasteiger partial charge in [-0.25, -0.2) is 0 Å². The summed E-state index contributed by atoms with van der Waals surface area (Å²) in [6.45, 7) is 12.9.